The Bertz CT molecular complexity index is 227. The van der Waals surface area contributed by atoms with E-state index in [2.05, 4.69) is 19.9 Å². The molecule has 3 aliphatic carbocycles. The zero-order valence-electron chi connectivity index (χ0n) is 8.71. The third-order valence-corrected chi connectivity index (χ3v) is 4.21. The average Bonchev–Trinajstić information content (AvgIpc) is 2.14. The number of allylic oxidation sites excluding steroid dienone is 2. The van der Waals surface area contributed by atoms with Crippen molar-refractivity contribution in [2.45, 2.75) is 39.5 Å². The van der Waals surface area contributed by atoms with Crippen LogP contribution in [-0.2, 0) is 0 Å². The number of aliphatic hydroxyl groups excluding tert-OH is 1. The van der Waals surface area contributed by atoms with Crippen molar-refractivity contribution in [1.82, 2.24) is 0 Å². The first kappa shape index (κ1) is 9.26. The molecule has 0 aromatic carbocycles. The van der Waals surface area contributed by atoms with Crippen LogP contribution >= 0.6 is 0 Å². The molecule has 74 valence electrons. The van der Waals surface area contributed by atoms with E-state index in [1.807, 2.05) is 0 Å². The van der Waals surface area contributed by atoms with Crippen molar-refractivity contribution in [2.24, 2.45) is 17.3 Å². The van der Waals surface area contributed by atoms with Crippen LogP contribution in [0.5, 0.6) is 0 Å². The normalized spacial score (nSPS) is 35.2. The fraction of sp³-hybridized carbons (Fsp3) is 0.833. The first-order valence-corrected chi connectivity index (χ1v) is 5.46. The molecule has 1 nitrogen and oxygen atoms in total. The van der Waals surface area contributed by atoms with Crippen LogP contribution in [0.15, 0.2) is 11.6 Å². The van der Waals surface area contributed by atoms with Gasteiger partial charge >= 0.3 is 0 Å². The topological polar surface area (TPSA) is 20.2 Å². The molecule has 0 aromatic rings. The lowest BCUT2D eigenvalue weighted by Gasteiger charge is -2.56. The predicted octanol–water partition coefficient (Wildman–Crippen LogP) is 2.75. The zero-order valence-corrected chi connectivity index (χ0v) is 8.71. The lowest BCUT2D eigenvalue weighted by Crippen LogP contribution is -2.48. The molecular weight excluding hydrogens is 160 g/mol. The summed E-state index contributed by atoms with van der Waals surface area (Å²) in [6.45, 7) is 5.14. The largest absolute Gasteiger partial charge is 0.396 e. The molecule has 1 fully saturated rings. The van der Waals surface area contributed by atoms with E-state index in [0.29, 0.717) is 12.0 Å². The van der Waals surface area contributed by atoms with E-state index in [1.165, 1.54) is 12.8 Å². The van der Waals surface area contributed by atoms with E-state index in [1.54, 1.807) is 5.57 Å². The summed E-state index contributed by atoms with van der Waals surface area (Å²) in [6, 6.07) is 0. The van der Waals surface area contributed by atoms with Crippen LogP contribution < -0.4 is 0 Å². The number of hydrogen-bond donors (Lipinski definition) is 1. The number of aliphatic hydroxyl groups is 1. The van der Waals surface area contributed by atoms with E-state index in [0.717, 1.165) is 24.7 Å². The Morgan fingerprint density at radius 2 is 2.31 bits per heavy atom. The molecule has 0 radical (unpaired) electrons. The molecule has 2 bridgehead atoms. The Kier molecular flexibility index (Phi) is 2.23. The maximum absolute atomic E-state index is 8.80. The summed E-state index contributed by atoms with van der Waals surface area (Å²) < 4.78 is 0. The van der Waals surface area contributed by atoms with Crippen molar-refractivity contribution in [3.05, 3.63) is 11.6 Å². The lowest BCUT2D eigenvalue weighted by molar-refractivity contribution is -0.00867. The highest BCUT2D eigenvalue weighted by atomic mass is 16.2. The molecule has 1 N–H and O–H groups in total. The Balaban J connectivity index is 2.01. The van der Waals surface area contributed by atoms with Gasteiger partial charge in [0.2, 0.25) is 0 Å². The van der Waals surface area contributed by atoms with Crippen molar-refractivity contribution in [3.8, 4) is 0 Å². The summed E-state index contributed by atoms with van der Waals surface area (Å²) in [4.78, 5) is 0. The van der Waals surface area contributed by atoms with Gasteiger partial charge in [0, 0.05) is 6.61 Å². The second-order valence-electron chi connectivity index (χ2n) is 5.15. The molecular formula is C12H20O. The monoisotopic (exact) mass is 180 g/mol. The highest BCUT2D eigenvalue weighted by Gasteiger charge is 2.50. The Hall–Kier alpha value is -0.300. The molecule has 0 aromatic heterocycles. The molecule has 1 saturated carbocycles. The minimum absolute atomic E-state index is 0.341. The Labute approximate surface area is 80.8 Å². The van der Waals surface area contributed by atoms with E-state index in [4.69, 9.17) is 5.11 Å². The first-order valence-electron chi connectivity index (χ1n) is 5.46. The first-order chi connectivity index (χ1) is 6.16. The summed E-state index contributed by atoms with van der Waals surface area (Å²) in [6.07, 6.45) is 7.19. The van der Waals surface area contributed by atoms with Crippen molar-refractivity contribution in [2.75, 3.05) is 6.61 Å². The van der Waals surface area contributed by atoms with Gasteiger partial charge in [-0.2, -0.15) is 0 Å². The van der Waals surface area contributed by atoms with E-state index in [-0.39, 0.29) is 0 Å². The van der Waals surface area contributed by atoms with Gasteiger partial charge in [0.15, 0.2) is 0 Å². The van der Waals surface area contributed by atoms with Gasteiger partial charge in [-0.15, -0.1) is 0 Å². The van der Waals surface area contributed by atoms with Gasteiger partial charge in [0.05, 0.1) is 0 Å². The molecule has 2 atom stereocenters. The van der Waals surface area contributed by atoms with Gasteiger partial charge in [-0.05, 0) is 42.9 Å². The van der Waals surface area contributed by atoms with Crippen molar-refractivity contribution in [3.63, 3.8) is 0 Å². The number of rotatable bonds is 3. The smallest absolute Gasteiger partial charge is 0.0434 e. The maximum Gasteiger partial charge on any atom is 0.0434 e. The van der Waals surface area contributed by atoms with Gasteiger partial charge in [-0.1, -0.05) is 25.5 Å². The summed E-state index contributed by atoms with van der Waals surface area (Å²) in [7, 11) is 0. The minimum Gasteiger partial charge on any atom is -0.396 e. The molecule has 13 heavy (non-hydrogen) atoms. The SMILES string of the molecule is CC1(C)[C@H]2CC=C(CCCO)[C@@H]1C2. The minimum atomic E-state index is 0.341. The highest BCUT2D eigenvalue weighted by molar-refractivity contribution is 5.23. The molecule has 3 rings (SSSR count). The molecule has 0 unspecified atom stereocenters. The second kappa shape index (κ2) is 3.13. The van der Waals surface area contributed by atoms with Gasteiger partial charge in [-0.3, -0.25) is 0 Å². The summed E-state index contributed by atoms with van der Waals surface area (Å²) >= 11 is 0. The predicted molar refractivity (Wildman–Crippen MR) is 54.4 cm³/mol. The molecule has 0 heterocycles. The van der Waals surface area contributed by atoms with Crippen LogP contribution in [0.4, 0.5) is 0 Å². The second-order valence-corrected chi connectivity index (χ2v) is 5.15. The molecule has 0 saturated heterocycles. The number of fused-ring (bicyclic) bond motifs is 1. The third-order valence-electron chi connectivity index (χ3n) is 4.21. The van der Waals surface area contributed by atoms with E-state index in [9.17, 15) is 0 Å². The van der Waals surface area contributed by atoms with Gasteiger partial charge in [0.25, 0.3) is 0 Å². The van der Waals surface area contributed by atoms with Gasteiger partial charge < -0.3 is 5.11 Å². The average molecular weight is 180 g/mol. The zero-order chi connectivity index (χ0) is 9.47. The number of hydrogen-bond acceptors (Lipinski definition) is 1. The Morgan fingerprint density at radius 3 is 2.85 bits per heavy atom. The maximum atomic E-state index is 8.80. The van der Waals surface area contributed by atoms with Crippen molar-refractivity contribution < 1.29 is 5.11 Å². The van der Waals surface area contributed by atoms with Crippen LogP contribution in [-0.4, -0.2) is 11.7 Å². The standard InChI is InChI=1S/C12H20O/c1-12(2)10-6-5-9(4-3-7-13)11(12)8-10/h5,10-11,13H,3-4,6-8H2,1-2H3/t10-,11-/m0/s1. The molecule has 0 spiro atoms. The van der Waals surface area contributed by atoms with Crippen LogP contribution in [0, 0.1) is 17.3 Å². The Morgan fingerprint density at radius 1 is 1.54 bits per heavy atom. The van der Waals surface area contributed by atoms with Crippen LogP contribution in [0.3, 0.4) is 0 Å². The van der Waals surface area contributed by atoms with Crippen LogP contribution in [0.1, 0.15) is 39.5 Å². The fourth-order valence-corrected chi connectivity index (χ4v) is 3.04. The van der Waals surface area contributed by atoms with Crippen LogP contribution in [0.25, 0.3) is 0 Å². The fourth-order valence-electron chi connectivity index (χ4n) is 3.04. The van der Waals surface area contributed by atoms with Crippen LogP contribution in [0.2, 0.25) is 0 Å². The molecule has 0 aliphatic heterocycles. The lowest BCUT2D eigenvalue weighted by atomic mass is 9.48. The molecule has 1 heteroatoms. The van der Waals surface area contributed by atoms with E-state index >= 15 is 0 Å². The molecule has 0 amide bonds. The van der Waals surface area contributed by atoms with Crippen molar-refractivity contribution in [1.29, 1.82) is 0 Å². The van der Waals surface area contributed by atoms with Gasteiger partial charge in [-0.25, -0.2) is 0 Å². The third kappa shape index (κ3) is 1.34. The summed E-state index contributed by atoms with van der Waals surface area (Å²) in [5.74, 6) is 1.77. The van der Waals surface area contributed by atoms with Crippen molar-refractivity contribution >= 4 is 0 Å². The van der Waals surface area contributed by atoms with Gasteiger partial charge in [0.1, 0.15) is 0 Å². The van der Waals surface area contributed by atoms with E-state index < -0.39 is 0 Å². The summed E-state index contributed by atoms with van der Waals surface area (Å²) in [5, 5.41) is 8.80. The highest BCUT2D eigenvalue weighted by Crippen LogP contribution is 2.59. The molecule has 3 aliphatic rings. The summed E-state index contributed by atoms with van der Waals surface area (Å²) in [5.41, 5.74) is 2.18. The quantitative estimate of drug-likeness (QED) is 0.662.